The Kier molecular flexibility index (Phi) is 8.75. The van der Waals surface area contributed by atoms with Gasteiger partial charge in [0.2, 0.25) is 0 Å². The second-order valence-electron chi connectivity index (χ2n) is 9.97. The van der Waals surface area contributed by atoms with Crippen molar-refractivity contribution in [2.24, 2.45) is 9.81 Å². The van der Waals surface area contributed by atoms with Crippen molar-refractivity contribution in [2.75, 3.05) is 20.7 Å². The molecular formula is C26H38N2O4S2. The van der Waals surface area contributed by atoms with E-state index in [2.05, 4.69) is 24.3 Å². The van der Waals surface area contributed by atoms with E-state index >= 15 is 0 Å². The fourth-order valence-electron chi connectivity index (χ4n) is 3.78. The molecule has 0 aliphatic heterocycles. The SMILES string of the molecule is CCC(CC)(c1ccc(OCC(=O)C(C)(C)C)c(C)c1)c1cc(C)c(S(=O)(=O)/N=C/N(C)C)s1. The van der Waals surface area contributed by atoms with Crippen LogP contribution in [0.5, 0.6) is 5.75 Å². The van der Waals surface area contributed by atoms with E-state index in [-0.39, 0.29) is 22.0 Å². The number of carbonyl (C=O) groups excluding carboxylic acids is 1. The highest BCUT2D eigenvalue weighted by molar-refractivity contribution is 7.92. The Labute approximate surface area is 209 Å². The zero-order valence-corrected chi connectivity index (χ0v) is 23.5. The van der Waals surface area contributed by atoms with Crippen LogP contribution in [0.2, 0.25) is 0 Å². The van der Waals surface area contributed by atoms with Crippen LogP contribution in [0.15, 0.2) is 32.9 Å². The molecule has 0 radical (unpaired) electrons. The van der Waals surface area contributed by atoms with Gasteiger partial charge in [0.25, 0.3) is 10.0 Å². The van der Waals surface area contributed by atoms with Gasteiger partial charge in [0.1, 0.15) is 22.9 Å². The van der Waals surface area contributed by atoms with Gasteiger partial charge in [0, 0.05) is 29.8 Å². The number of thiophene rings is 1. The Morgan fingerprint density at radius 1 is 1.09 bits per heavy atom. The van der Waals surface area contributed by atoms with Gasteiger partial charge in [-0.25, -0.2) is 0 Å². The van der Waals surface area contributed by atoms with Crippen LogP contribution in [0, 0.1) is 19.3 Å². The van der Waals surface area contributed by atoms with Crippen molar-refractivity contribution < 1.29 is 17.9 Å². The Bertz CT molecular complexity index is 1150. The Morgan fingerprint density at radius 2 is 1.71 bits per heavy atom. The van der Waals surface area contributed by atoms with Crippen molar-refractivity contribution in [1.29, 1.82) is 0 Å². The quantitative estimate of drug-likeness (QED) is 0.303. The molecule has 0 saturated heterocycles. The fourth-order valence-corrected chi connectivity index (χ4v) is 6.73. The van der Waals surface area contributed by atoms with E-state index < -0.39 is 15.4 Å². The van der Waals surface area contributed by atoms with Crippen molar-refractivity contribution in [3.63, 3.8) is 0 Å². The number of rotatable bonds is 10. The number of hydrogen-bond acceptors (Lipinski definition) is 5. The monoisotopic (exact) mass is 506 g/mol. The molecule has 34 heavy (non-hydrogen) atoms. The molecule has 0 bridgehead atoms. The normalized spacial score (nSPS) is 12.9. The lowest BCUT2D eigenvalue weighted by molar-refractivity contribution is -0.128. The fraction of sp³-hybridized carbons (Fsp3) is 0.538. The van der Waals surface area contributed by atoms with E-state index in [4.69, 9.17) is 4.74 Å². The van der Waals surface area contributed by atoms with Gasteiger partial charge in [-0.3, -0.25) is 4.79 Å². The zero-order chi connectivity index (χ0) is 25.9. The first-order chi connectivity index (χ1) is 15.7. The van der Waals surface area contributed by atoms with Gasteiger partial charge in [-0.2, -0.15) is 8.42 Å². The van der Waals surface area contributed by atoms with Crippen molar-refractivity contribution in [3.8, 4) is 5.75 Å². The standard InChI is InChI=1S/C26H38N2O4S2/c1-10-26(11-2,23-15-19(4)24(33-23)34(30,31)27-17-28(8)9)20-12-13-21(18(3)14-20)32-16-22(29)25(5,6)7/h12-15,17H,10-11,16H2,1-9H3/b27-17+. The molecule has 0 amide bonds. The second-order valence-corrected chi connectivity index (χ2v) is 12.9. The molecule has 0 fully saturated rings. The molecule has 0 aliphatic carbocycles. The van der Waals surface area contributed by atoms with Crippen LogP contribution in [-0.4, -0.2) is 46.1 Å². The minimum atomic E-state index is -3.77. The Hall–Kier alpha value is -2.19. The number of Topliss-reactive ketones (excluding diaryl/α,β-unsaturated/α-hetero) is 1. The van der Waals surface area contributed by atoms with Crippen LogP contribution in [0.25, 0.3) is 0 Å². The van der Waals surface area contributed by atoms with Crippen molar-refractivity contribution in [2.45, 2.75) is 70.9 Å². The smallest absolute Gasteiger partial charge is 0.293 e. The van der Waals surface area contributed by atoms with Gasteiger partial charge in [-0.15, -0.1) is 15.7 Å². The number of aryl methyl sites for hydroxylation is 2. The van der Waals surface area contributed by atoms with Crippen LogP contribution in [-0.2, 0) is 20.2 Å². The number of nitrogens with zero attached hydrogens (tertiary/aromatic N) is 2. The first kappa shape index (κ1) is 28.1. The molecule has 0 atom stereocenters. The van der Waals surface area contributed by atoms with Crippen LogP contribution < -0.4 is 4.74 Å². The van der Waals surface area contributed by atoms with Gasteiger partial charge in [-0.1, -0.05) is 46.8 Å². The largest absolute Gasteiger partial charge is 0.486 e. The highest BCUT2D eigenvalue weighted by Gasteiger charge is 2.35. The predicted molar refractivity (Wildman–Crippen MR) is 141 cm³/mol. The Morgan fingerprint density at radius 3 is 2.21 bits per heavy atom. The summed E-state index contributed by atoms with van der Waals surface area (Å²) in [5.41, 5.74) is 1.98. The molecule has 2 rings (SSSR count). The average molecular weight is 507 g/mol. The predicted octanol–water partition coefficient (Wildman–Crippen LogP) is 5.74. The maximum Gasteiger partial charge on any atom is 0.293 e. The molecular weight excluding hydrogens is 468 g/mol. The van der Waals surface area contributed by atoms with Gasteiger partial charge in [0.15, 0.2) is 5.78 Å². The van der Waals surface area contributed by atoms with Crippen LogP contribution >= 0.6 is 11.3 Å². The van der Waals surface area contributed by atoms with Crippen molar-refractivity contribution >= 4 is 33.5 Å². The third kappa shape index (κ3) is 6.08. The van der Waals surface area contributed by atoms with E-state index in [1.807, 2.05) is 52.8 Å². The third-order valence-electron chi connectivity index (χ3n) is 6.12. The third-order valence-corrected chi connectivity index (χ3v) is 9.41. The highest BCUT2D eigenvalue weighted by Crippen LogP contribution is 2.45. The van der Waals surface area contributed by atoms with Crippen LogP contribution in [0.4, 0.5) is 0 Å². The summed E-state index contributed by atoms with van der Waals surface area (Å²) in [5.74, 6) is 0.735. The average Bonchev–Trinajstić information content (AvgIpc) is 3.15. The van der Waals surface area contributed by atoms with Crippen molar-refractivity contribution in [1.82, 2.24) is 4.90 Å². The molecule has 2 aromatic rings. The Balaban J connectivity index is 2.46. The minimum Gasteiger partial charge on any atom is -0.486 e. The maximum absolute atomic E-state index is 12.8. The van der Waals surface area contributed by atoms with Crippen molar-refractivity contribution in [3.05, 3.63) is 45.8 Å². The summed E-state index contributed by atoms with van der Waals surface area (Å²) in [6.07, 6.45) is 2.94. The van der Waals surface area contributed by atoms with Gasteiger partial charge < -0.3 is 9.64 Å². The molecule has 0 N–H and O–H groups in total. The first-order valence-corrected chi connectivity index (χ1v) is 13.8. The number of carbonyl (C=O) groups is 1. The summed E-state index contributed by atoms with van der Waals surface area (Å²) in [5, 5.41) is 0. The molecule has 1 aromatic carbocycles. The summed E-state index contributed by atoms with van der Waals surface area (Å²) in [6.45, 7) is 13.7. The summed E-state index contributed by atoms with van der Waals surface area (Å²) < 4.78 is 35.6. The molecule has 0 aliphatic rings. The minimum absolute atomic E-state index is 0.0369. The van der Waals surface area contributed by atoms with E-state index in [1.54, 1.807) is 19.0 Å². The lowest BCUT2D eigenvalue weighted by atomic mass is 9.74. The van der Waals surface area contributed by atoms with Crippen LogP contribution in [0.1, 0.15) is 69.0 Å². The highest BCUT2D eigenvalue weighted by atomic mass is 32.2. The first-order valence-electron chi connectivity index (χ1n) is 11.5. The molecule has 1 aromatic heterocycles. The molecule has 8 heteroatoms. The van der Waals surface area contributed by atoms with Gasteiger partial charge in [-0.05, 0) is 55.5 Å². The maximum atomic E-state index is 12.8. The summed E-state index contributed by atoms with van der Waals surface area (Å²) in [7, 11) is -0.301. The topological polar surface area (TPSA) is 76.0 Å². The van der Waals surface area contributed by atoms with E-state index in [0.29, 0.717) is 11.3 Å². The molecule has 6 nitrogen and oxygen atoms in total. The molecule has 188 valence electrons. The number of ether oxygens (including phenoxy) is 1. The second kappa shape index (κ2) is 10.6. The van der Waals surface area contributed by atoms with E-state index in [9.17, 15) is 13.2 Å². The molecule has 1 heterocycles. The van der Waals surface area contributed by atoms with E-state index in [1.165, 1.54) is 17.7 Å². The zero-order valence-electron chi connectivity index (χ0n) is 21.9. The number of hydrogen-bond donors (Lipinski definition) is 0. The number of sulfonamides is 1. The molecule has 0 saturated carbocycles. The summed E-state index contributed by atoms with van der Waals surface area (Å²) in [6, 6.07) is 8.03. The number of ketones is 1. The lowest BCUT2D eigenvalue weighted by Crippen LogP contribution is -2.27. The number of benzene rings is 1. The summed E-state index contributed by atoms with van der Waals surface area (Å²) in [4.78, 5) is 14.9. The molecule has 0 unspecified atom stereocenters. The summed E-state index contributed by atoms with van der Waals surface area (Å²) >= 11 is 1.30. The van der Waals surface area contributed by atoms with E-state index in [0.717, 1.165) is 28.8 Å². The van der Waals surface area contributed by atoms with Gasteiger partial charge in [0.05, 0.1) is 0 Å². The molecule has 0 spiro atoms. The van der Waals surface area contributed by atoms with Crippen LogP contribution in [0.3, 0.4) is 0 Å². The van der Waals surface area contributed by atoms with Gasteiger partial charge >= 0.3 is 0 Å². The lowest BCUT2D eigenvalue weighted by Gasteiger charge is -2.32.